The first-order valence-corrected chi connectivity index (χ1v) is 12.2. The lowest BCUT2D eigenvalue weighted by Crippen LogP contribution is -2.36. The Balaban J connectivity index is 1.64. The van der Waals surface area contributed by atoms with Crippen molar-refractivity contribution in [2.45, 2.75) is 57.5 Å². The summed E-state index contributed by atoms with van der Waals surface area (Å²) in [4.78, 5) is 15.2. The molecule has 1 N–H and O–H groups in total. The minimum absolute atomic E-state index is 0.0438. The Morgan fingerprint density at radius 3 is 2.70 bits per heavy atom. The summed E-state index contributed by atoms with van der Waals surface area (Å²) < 4.78 is 35.5. The first-order valence-electron chi connectivity index (χ1n) is 11.4. The van der Waals surface area contributed by atoms with Gasteiger partial charge in [0.15, 0.2) is 5.82 Å². The van der Waals surface area contributed by atoms with Gasteiger partial charge < -0.3 is 19.6 Å². The number of hydrogen-bond donors (Lipinski definition) is 1. The van der Waals surface area contributed by atoms with E-state index in [9.17, 15) is 18.7 Å². The van der Waals surface area contributed by atoms with E-state index >= 15 is 0 Å². The fraction of sp³-hybridized carbons (Fsp3) is 0.565. The summed E-state index contributed by atoms with van der Waals surface area (Å²) in [5, 5.41) is 14.6. The van der Waals surface area contributed by atoms with Crippen LogP contribution < -0.4 is 4.90 Å². The lowest BCUT2D eigenvalue weighted by atomic mass is 9.90. The second-order valence-electron chi connectivity index (χ2n) is 9.07. The number of hydrogen-bond acceptors (Lipinski definition) is 4. The summed E-state index contributed by atoms with van der Waals surface area (Å²) in [6, 6.07) is 3.57. The van der Waals surface area contributed by atoms with Crippen molar-refractivity contribution < 1.29 is 23.4 Å². The van der Waals surface area contributed by atoms with Gasteiger partial charge in [-0.25, -0.2) is 13.6 Å². The molecule has 1 aromatic heterocycles. The molecule has 0 aliphatic carbocycles. The maximum atomic E-state index is 13.7. The number of ether oxygens (including phenoxy) is 1. The van der Waals surface area contributed by atoms with Gasteiger partial charge >= 0.3 is 6.09 Å². The highest BCUT2D eigenvalue weighted by Gasteiger charge is 2.35. The number of amides is 1. The van der Waals surface area contributed by atoms with E-state index in [0.29, 0.717) is 43.0 Å². The number of rotatable bonds is 3. The van der Waals surface area contributed by atoms with Crippen LogP contribution in [0.1, 0.15) is 67.0 Å². The minimum Gasteiger partial charge on any atom is -0.465 e. The number of nitrogens with zero attached hydrogens (tertiary/aromatic N) is 4. The highest BCUT2D eigenvalue weighted by atomic mass is 79.9. The third-order valence-corrected chi connectivity index (χ3v) is 7.80. The van der Waals surface area contributed by atoms with Crippen molar-refractivity contribution in [2.75, 3.05) is 31.2 Å². The van der Waals surface area contributed by atoms with Crippen LogP contribution in [-0.2, 0) is 17.7 Å². The predicted molar refractivity (Wildman–Crippen MR) is 123 cm³/mol. The number of fused-ring (bicyclic) bond motifs is 2. The van der Waals surface area contributed by atoms with Gasteiger partial charge in [-0.15, -0.1) is 0 Å². The monoisotopic (exact) mass is 524 g/mol. The molecule has 3 aliphatic rings. The standard InChI is InChI=1S/C23H27BrF2N4O3/c1-13-2-7-29(20-11-16(21(25)26)18(24)10-15(13)20)22-17-12-28(23(31)32)6-3-19(17)30(27-22)14-4-8-33-9-5-14/h10-11,13-14,21H,2-9,12H2,1H3,(H,31,32). The van der Waals surface area contributed by atoms with Gasteiger partial charge in [0, 0.05) is 59.7 Å². The van der Waals surface area contributed by atoms with Gasteiger partial charge in [0.1, 0.15) is 0 Å². The Bertz CT molecular complexity index is 1070. The van der Waals surface area contributed by atoms with Gasteiger partial charge in [0.05, 0.1) is 12.6 Å². The second kappa shape index (κ2) is 8.87. The molecule has 1 saturated heterocycles. The number of alkyl halides is 2. The average Bonchev–Trinajstić information content (AvgIpc) is 3.18. The van der Waals surface area contributed by atoms with Gasteiger partial charge in [0.2, 0.25) is 0 Å². The van der Waals surface area contributed by atoms with Gasteiger partial charge in [0.25, 0.3) is 6.43 Å². The van der Waals surface area contributed by atoms with Crippen molar-refractivity contribution in [1.29, 1.82) is 0 Å². The number of anilines is 2. The van der Waals surface area contributed by atoms with E-state index in [0.717, 1.165) is 41.8 Å². The molecule has 3 aliphatic heterocycles. The summed E-state index contributed by atoms with van der Waals surface area (Å²) in [6.07, 6.45) is -0.402. The molecule has 4 heterocycles. The number of halogens is 3. The zero-order valence-corrected chi connectivity index (χ0v) is 20.0. The second-order valence-corrected chi connectivity index (χ2v) is 9.92. The van der Waals surface area contributed by atoms with Crippen LogP contribution in [0.2, 0.25) is 0 Å². The van der Waals surface area contributed by atoms with Crippen LogP contribution in [0.15, 0.2) is 16.6 Å². The van der Waals surface area contributed by atoms with E-state index in [4.69, 9.17) is 9.84 Å². The molecule has 1 fully saturated rings. The molecule has 0 bridgehead atoms. The third-order valence-electron chi connectivity index (χ3n) is 7.12. The fourth-order valence-electron chi connectivity index (χ4n) is 5.25. The topological polar surface area (TPSA) is 70.8 Å². The minimum atomic E-state index is -2.60. The van der Waals surface area contributed by atoms with Gasteiger partial charge in [-0.2, -0.15) is 5.10 Å². The van der Waals surface area contributed by atoms with E-state index < -0.39 is 12.5 Å². The summed E-state index contributed by atoms with van der Waals surface area (Å²) in [5.74, 6) is 0.918. The van der Waals surface area contributed by atoms with Crippen molar-refractivity contribution in [3.05, 3.63) is 39.0 Å². The summed E-state index contributed by atoms with van der Waals surface area (Å²) in [6.45, 7) is 4.77. The smallest absolute Gasteiger partial charge is 0.407 e. The van der Waals surface area contributed by atoms with Crippen LogP contribution >= 0.6 is 15.9 Å². The van der Waals surface area contributed by atoms with E-state index in [1.165, 1.54) is 4.90 Å². The van der Waals surface area contributed by atoms with Crippen LogP contribution in [-0.4, -0.2) is 52.2 Å². The van der Waals surface area contributed by atoms with Crippen molar-refractivity contribution in [3.8, 4) is 0 Å². The summed E-state index contributed by atoms with van der Waals surface area (Å²) in [7, 11) is 0. The molecule has 10 heteroatoms. The van der Waals surface area contributed by atoms with E-state index in [1.54, 1.807) is 12.1 Å². The Morgan fingerprint density at radius 1 is 1.24 bits per heavy atom. The molecule has 33 heavy (non-hydrogen) atoms. The maximum absolute atomic E-state index is 13.7. The number of carboxylic acid groups (broad SMARTS) is 1. The van der Waals surface area contributed by atoms with Crippen molar-refractivity contribution >= 4 is 33.5 Å². The molecule has 0 saturated carbocycles. The normalized spacial score (nSPS) is 21.3. The third kappa shape index (κ3) is 4.01. The van der Waals surface area contributed by atoms with Crippen LogP contribution in [0, 0.1) is 0 Å². The molecular weight excluding hydrogens is 498 g/mol. The maximum Gasteiger partial charge on any atom is 0.407 e. The van der Waals surface area contributed by atoms with Gasteiger partial charge in [-0.05, 0) is 42.9 Å². The highest BCUT2D eigenvalue weighted by Crippen LogP contribution is 2.45. The fourth-order valence-corrected chi connectivity index (χ4v) is 5.78. The lowest BCUT2D eigenvalue weighted by Gasteiger charge is -2.35. The average molecular weight is 525 g/mol. The highest BCUT2D eigenvalue weighted by molar-refractivity contribution is 9.10. The SMILES string of the molecule is CC1CCN(c2nn(C3CCOCC3)c3c2CN(C(=O)O)CC3)c2cc(C(F)F)c(Br)cc21. The lowest BCUT2D eigenvalue weighted by molar-refractivity contribution is 0.0650. The molecule has 0 spiro atoms. The van der Waals surface area contributed by atoms with Crippen molar-refractivity contribution in [2.24, 2.45) is 0 Å². The quantitative estimate of drug-likeness (QED) is 0.564. The molecule has 1 atom stereocenters. The molecule has 2 aromatic rings. The van der Waals surface area contributed by atoms with Crippen LogP contribution in [0.25, 0.3) is 0 Å². The number of carbonyl (C=O) groups is 1. The molecule has 1 unspecified atom stereocenters. The Hall–Kier alpha value is -2.20. The van der Waals surface area contributed by atoms with Crippen LogP contribution in [0.3, 0.4) is 0 Å². The molecule has 1 amide bonds. The van der Waals surface area contributed by atoms with Crippen LogP contribution in [0.5, 0.6) is 0 Å². The van der Waals surface area contributed by atoms with E-state index in [2.05, 4.69) is 27.5 Å². The summed E-state index contributed by atoms with van der Waals surface area (Å²) in [5.41, 5.74) is 3.63. The van der Waals surface area contributed by atoms with Gasteiger partial charge in [-0.1, -0.05) is 22.9 Å². The first-order chi connectivity index (χ1) is 15.8. The largest absolute Gasteiger partial charge is 0.465 e. The van der Waals surface area contributed by atoms with E-state index in [1.807, 2.05) is 4.90 Å². The first kappa shape index (κ1) is 22.6. The molecule has 178 valence electrons. The zero-order chi connectivity index (χ0) is 23.3. The Kier molecular flexibility index (Phi) is 6.07. The van der Waals surface area contributed by atoms with Crippen molar-refractivity contribution in [3.63, 3.8) is 0 Å². The Labute approximate surface area is 199 Å². The molecule has 7 nitrogen and oxygen atoms in total. The van der Waals surface area contributed by atoms with E-state index in [-0.39, 0.29) is 24.1 Å². The van der Waals surface area contributed by atoms with Crippen molar-refractivity contribution in [1.82, 2.24) is 14.7 Å². The van der Waals surface area contributed by atoms with Gasteiger partial charge in [-0.3, -0.25) is 4.68 Å². The summed E-state index contributed by atoms with van der Waals surface area (Å²) >= 11 is 3.32. The molecular formula is C23H27BrF2N4O3. The molecule has 0 radical (unpaired) electrons. The molecule has 5 rings (SSSR count). The number of benzene rings is 1. The number of aromatic nitrogens is 2. The predicted octanol–water partition coefficient (Wildman–Crippen LogP) is 5.62. The Morgan fingerprint density at radius 2 is 2.00 bits per heavy atom. The molecule has 1 aromatic carbocycles. The zero-order valence-electron chi connectivity index (χ0n) is 18.4. The van der Waals surface area contributed by atoms with Crippen LogP contribution in [0.4, 0.5) is 25.1 Å².